The number of sulfonamides is 1. The van der Waals surface area contributed by atoms with Gasteiger partial charge in [0, 0.05) is 43.2 Å². The van der Waals surface area contributed by atoms with Gasteiger partial charge in [0.1, 0.15) is 0 Å². The molecule has 0 aliphatic carbocycles. The van der Waals surface area contributed by atoms with Crippen molar-refractivity contribution in [3.8, 4) is 0 Å². The molecule has 1 saturated heterocycles. The van der Waals surface area contributed by atoms with Crippen molar-refractivity contribution in [3.05, 3.63) is 65.2 Å². The van der Waals surface area contributed by atoms with Gasteiger partial charge < -0.3 is 4.90 Å². The van der Waals surface area contributed by atoms with Crippen LogP contribution in [0.2, 0.25) is 0 Å². The molecular weight excluding hydrogens is 448 g/mol. The fraction of sp³-hybridized carbons (Fsp3) is 0.481. The second-order valence-corrected chi connectivity index (χ2v) is 11.9. The highest BCUT2D eigenvalue weighted by atomic mass is 32.2. The molecule has 2 aromatic carbocycles. The fourth-order valence-electron chi connectivity index (χ4n) is 4.27. The first-order valence-corrected chi connectivity index (χ1v) is 13.4. The van der Waals surface area contributed by atoms with Gasteiger partial charge >= 0.3 is 0 Å². The monoisotopic (exact) mass is 484 g/mol. The van der Waals surface area contributed by atoms with Crippen LogP contribution in [0.25, 0.3) is 0 Å². The lowest BCUT2D eigenvalue weighted by atomic mass is 9.88. The molecule has 0 saturated carbocycles. The molecule has 2 aromatic rings. The Bertz CT molecular complexity index is 1120. The van der Waals surface area contributed by atoms with Crippen LogP contribution < -0.4 is 0 Å². The van der Waals surface area contributed by atoms with Gasteiger partial charge in [-0.25, -0.2) is 8.42 Å². The number of carbonyl (C=O) groups is 2. The number of benzene rings is 2. The lowest BCUT2D eigenvalue weighted by Gasteiger charge is -2.31. The molecule has 6 nitrogen and oxygen atoms in total. The zero-order chi connectivity index (χ0) is 25.0. The van der Waals surface area contributed by atoms with Gasteiger partial charge in [-0.15, -0.1) is 0 Å². The first-order valence-electron chi connectivity index (χ1n) is 12.0. The van der Waals surface area contributed by atoms with Crippen molar-refractivity contribution >= 4 is 21.7 Å². The first kappa shape index (κ1) is 26.1. The summed E-state index contributed by atoms with van der Waals surface area (Å²) >= 11 is 0. The van der Waals surface area contributed by atoms with E-state index in [1.54, 1.807) is 30.9 Å². The number of ketones is 1. The van der Waals surface area contributed by atoms with Crippen molar-refractivity contribution in [2.24, 2.45) is 11.8 Å². The highest BCUT2D eigenvalue weighted by molar-refractivity contribution is 7.89. The topological polar surface area (TPSA) is 74.8 Å². The van der Waals surface area contributed by atoms with Gasteiger partial charge in [0.2, 0.25) is 10.0 Å². The molecule has 7 heteroatoms. The molecule has 3 rings (SSSR count). The van der Waals surface area contributed by atoms with E-state index in [9.17, 15) is 18.0 Å². The maximum Gasteiger partial charge on any atom is 0.253 e. The molecule has 1 fully saturated rings. The Morgan fingerprint density at radius 1 is 0.971 bits per heavy atom. The van der Waals surface area contributed by atoms with Crippen LogP contribution in [0, 0.1) is 11.8 Å². The molecule has 0 bridgehead atoms. The smallest absolute Gasteiger partial charge is 0.253 e. The van der Waals surface area contributed by atoms with E-state index in [-0.39, 0.29) is 28.5 Å². The summed E-state index contributed by atoms with van der Waals surface area (Å²) in [6.07, 6.45) is 2.20. The SMILES string of the molecule is CC(C)Cc1ccc(C(=O)C2CCN(C(=O)c3cccc(S(=O)(=O)N(C)C(C)C)c3)CC2)cc1. The first-order chi connectivity index (χ1) is 16.0. The molecule has 0 unspecified atom stereocenters. The summed E-state index contributed by atoms with van der Waals surface area (Å²) in [7, 11) is -2.13. The van der Waals surface area contributed by atoms with Gasteiger partial charge in [0.15, 0.2) is 5.78 Å². The number of likely N-dealkylation sites (tertiary alicyclic amines) is 1. The maximum atomic E-state index is 13.1. The zero-order valence-electron chi connectivity index (χ0n) is 20.8. The summed E-state index contributed by atoms with van der Waals surface area (Å²) in [6, 6.07) is 13.9. The molecule has 0 radical (unpaired) electrons. The Labute approximate surface area is 204 Å². The van der Waals surface area contributed by atoms with E-state index in [0.717, 1.165) is 12.0 Å². The highest BCUT2D eigenvalue weighted by Gasteiger charge is 2.29. The van der Waals surface area contributed by atoms with Crippen molar-refractivity contribution in [1.29, 1.82) is 0 Å². The summed E-state index contributed by atoms with van der Waals surface area (Å²) in [5.41, 5.74) is 2.31. The van der Waals surface area contributed by atoms with Crippen LogP contribution in [0.4, 0.5) is 0 Å². The van der Waals surface area contributed by atoms with Gasteiger partial charge in [-0.05, 0) is 62.8 Å². The van der Waals surface area contributed by atoms with Crippen molar-refractivity contribution in [1.82, 2.24) is 9.21 Å². The number of hydrogen-bond donors (Lipinski definition) is 0. The summed E-state index contributed by atoms with van der Waals surface area (Å²) in [6.45, 7) is 8.91. The Hall–Kier alpha value is -2.51. The van der Waals surface area contributed by atoms with Gasteiger partial charge in [-0.2, -0.15) is 4.31 Å². The number of piperidine rings is 1. The third kappa shape index (κ3) is 5.94. The van der Waals surface area contributed by atoms with E-state index in [2.05, 4.69) is 13.8 Å². The Morgan fingerprint density at radius 2 is 1.59 bits per heavy atom. The molecule has 34 heavy (non-hydrogen) atoms. The fourth-order valence-corrected chi connectivity index (χ4v) is 5.69. The Kier molecular flexibility index (Phi) is 8.31. The van der Waals surface area contributed by atoms with E-state index in [0.29, 0.717) is 37.4 Å². The van der Waals surface area contributed by atoms with E-state index in [1.165, 1.54) is 29.0 Å². The van der Waals surface area contributed by atoms with Crippen LogP contribution in [0.15, 0.2) is 53.4 Å². The third-order valence-electron chi connectivity index (χ3n) is 6.52. The molecule has 1 aliphatic rings. The number of carbonyl (C=O) groups excluding carboxylic acids is 2. The lowest BCUT2D eigenvalue weighted by Crippen LogP contribution is -2.40. The maximum absolute atomic E-state index is 13.1. The van der Waals surface area contributed by atoms with Crippen LogP contribution >= 0.6 is 0 Å². The Morgan fingerprint density at radius 3 is 2.15 bits per heavy atom. The van der Waals surface area contributed by atoms with Gasteiger partial charge in [0.05, 0.1) is 4.90 Å². The van der Waals surface area contributed by atoms with Crippen LogP contribution in [0.3, 0.4) is 0 Å². The number of amides is 1. The third-order valence-corrected chi connectivity index (χ3v) is 8.55. The second kappa shape index (κ2) is 10.8. The molecule has 1 heterocycles. The number of Topliss-reactive ketones (excluding diaryl/α,β-unsaturated/α-hetero) is 1. The van der Waals surface area contributed by atoms with E-state index >= 15 is 0 Å². The quantitative estimate of drug-likeness (QED) is 0.511. The molecule has 0 aromatic heterocycles. The predicted molar refractivity (Wildman–Crippen MR) is 134 cm³/mol. The summed E-state index contributed by atoms with van der Waals surface area (Å²) in [5, 5.41) is 0. The minimum absolute atomic E-state index is 0.105. The van der Waals surface area contributed by atoms with Crippen LogP contribution in [0.1, 0.15) is 66.8 Å². The van der Waals surface area contributed by atoms with Gasteiger partial charge in [0.25, 0.3) is 5.91 Å². The molecule has 1 aliphatic heterocycles. The average Bonchev–Trinajstić information content (AvgIpc) is 2.83. The second-order valence-electron chi connectivity index (χ2n) is 9.87. The van der Waals surface area contributed by atoms with Crippen molar-refractivity contribution < 1.29 is 18.0 Å². The van der Waals surface area contributed by atoms with Gasteiger partial charge in [-0.1, -0.05) is 44.2 Å². The minimum Gasteiger partial charge on any atom is -0.339 e. The molecule has 0 N–H and O–H groups in total. The van der Waals surface area contributed by atoms with Crippen LogP contribution in [-0.2, 0) is 16.4 Å². The number of hydrogen-bond acceptors (Lipinski definition) is 4. The largest absolute Gasteiger partial charge is 0.339 e. The average molecular weight is 485 g/mol. The van der Waals surface area contributed by atoms with Crippen molar-refractivity contribution in [2.75, 3.05) is 20.1 Å². The van der Waals surface area contributed by atoms with Gasteiger partial charge in [-0.3, -0.25) is 9.59 Å². The number of nitrogens with zero attached hydrogens (tertiary/aromatic N) is 2. The standard InChI is InChI=1S/C27H36N2O4S/c1-19(2)17-21-9-11-22(12-10-21)26(30)23-13-15-29(16-14-23)27(31)24-7-6-8-25(18-24)34(32,33)28(5)20(3)4/h6-12,18-20,23H,13-17H2,1-5H3. The summed E-state index contributed by atoms with van der Waals surface area (Å²) in [4.78, 5) is 27.9. The van der Waals surface area contributed by atoms with Crippen molar-refractivity contribution in [2.45, 2.75) is 57.9 Å². The lowest BCUT2D eigenvalue weighted by molar-refractivity contribution is 0.0650. The molecule has 184 valence electrons. The van der Waals surface area contributed by atoms with E-state index in [4.69, 9.17) is 0 Å². The molecule has 0 spiro atoms. The van der Waals surface area contributed by atoms with E-state index < -0.39 is 10.0 Å². The molecule has 1 amide bonds. The minimum atomic E-state index is -3.67. The summed E-state index contributed by atoms with van der Waals surface area (Å²) < 4.78 is 26.9. The van der Waals surface area contributed by atoms with Crippen LogP contribution in [-0.4, -0.2) is 55.5 Å². The number of rotatable bonds is 8. The molecule has 0 atom stereocenters. The normalized spacial score (nSPS) is 15.4. The van der Waals surface area contributed by atoms with E-state index in [1.807, 2.05) is 24.3 Å². The van der Waals surface area contributed by atoms with Crippen LogP contribution in [0.5, 0.6) is 0 Å². The summed E-state index contributed by atoms with van der Waals surface area (Å²) in [5.74, 6) is 0.396. The zero-order valence-corrected chi connectivity index (χ0v) is 21.6. The highest BCUT2D eigenvalue weighted by Crippen LogP contribution is 2.25. The van der Waals surface area contributed by atoms with Crippen molar-refractivity contribution in [3.63, 3.8) is 0 Å². The predicted octanol–water partition coefficient (Wildman–Crippen LogP) is 4.65. The Balaban J connectivity index is 1.64. The molecular formula is C27H36N2O4S.